The van der Waals surface area contributed by atoms with Crippen molar-refractivity contribution in [1.82, 2.24) is 14.5 Å². The molecule has 14 heteroatoms. The first-order chi connectivity index (χ1) is 18.8. The Bertz CT molecular complexity index is 1430. The summed E-state index contributed by atoms with van der Waals surface area (Å²) in [6.07, 6.45) is -6.20. The molecule has 0 saturated carbocycles. The zero-order valence-electron chi connectivity index (χ0n) is 20.8. The molecule has 1 N–H and O–H groups in total. The highest BCUT2D eigenvalue weighted by atomic mass is 32.2. The number of morpholine rings is 1. The Labute approximate surface area is 228 Å². The van der Waals surface area contributed by atoms with Gasteiger partial charge in [0, 0.05) is 54.1 Å². The second kappa shape index (κ2) is 11.8. The first-order valence-electron chi connectivity index (χ1n) is 11.8. The zero-order valence-corrected chi connectivity index (χ0v) is 21.7. The third-order valence-corrected chi connectivity index (χ3v) is 6.89. The number of alkyl halides is 6. The number of aromatic nitrogens is 2. The van der Waals surface area contributed by atoms with E-state index in [1.54, 1.807) is 13.2 Å². The lowest BCUT2D eigenvalue weighted by molar-refractivity contribution is -0.163. The molecule has 0 unspecified atom stereocenters. The van der Waals surface area contributed by atoms with Crippen LogP contribution in [0.2, 0.25) is 0 Å². The van der Waals surface area contributed by atoms with Gasteiger partial charge in [-0.3, -0.25) is 9.59 Å². The van der Waals surface area contributed by atoms with Crippen LogP contribution in [-0.2, 0) is 28.9 Å². The Balaban J connectivity index is 1.67. The number of carbonyl (C=O) groups excluding carboxylic acids is 2. The molecule has 1 saturated heterocycles. The summed E-state index contributed by atoms with van der Waals surface area (Å²) in [6.45, 7) is 0.955. The second-order valence-corrected chi connectivity index (χ2v) is 9.73. The van der Waals surface area contributed by atoms with Gasteiger partial charge in [0.05, 0.1) is 24.3 Å². The summed E-state index contributed by atoms with van der Waals surface area (Å²) in [5, 5.41) is 2.56. The fraction of sp³-hybridized carbons (Fsp3) is 0.269. The van der Waals surface area contributed by atoms with Gasteiger partial charge in [-0.1, -0.05) is 23.9 Å². The van der Waals surface area contributed by atoms with Crippen LogP contribution in [0.5, 0.6) is 0 Å². The van der Waals surface area contributed by atoms with E-state index >= 15 is 0 Å². The summed E-state index contributed by atoms with van der Waals surface area (Å²) in [5.41, 5.74) is -4.34. The molecular formula is C26H22F6N4O3S. The monoisotopic (exact) mass is 584 g/mol. The summed E-state index contributed by atoms with van der Waals surface area (Å²) in [7, 11) is 1.60. The molecule has 1 aliphatic heterocycles. The Morgan fingerprint density at radius 3 is 2.35 bits per heavy atom. The number of anilines is 1. The highest BCUT2D eigenvalue weighted by molar-refractivity contribution is 7.99. The highest BCUT2D eigenvalue weighted by Gasteiger charge is 2.46. The van der Waals surface area contributed by atoms with E-state index in [2.05, 4.69) is 10.3 Å². The molecule has 1 aromatic heterocycles. The molecule has 3 aromatic rings. The van der Waals surface area contributed by atoms with E-state index < -0.39 is 45.8 Å². The van der Waals surface area contributed by atoms with Crippen LogP contribution in [0.4, 0.5) is 32.0 Å². The molecule has 0 radical (unpaired) electrons. The van der Waals surface area contributed by atoms with Crippen molar-refractivity contribution in [1.29, 1.82) is 0 Å². The first kappa shape index (κ1) is 29.2. The molecule has 1 aliphatic rings. The van der Waals surface area contributed by atoms with Crippen LogP contribution in [-0.4, -0.2) is 52.6 Å². The molecule has 1 fully saturated rings. The molecule has 0 aliphatic carbocycles. The maximum atomic E-state index is 14.2. The summed E-state index contributed by atoms with van der Waals surface area (Å²) in [6, 6.07) is 7.51. The maximum absolute atomic E-state index is 14.2. The number of aryl methyl sites for hydroxylation is 1. The van der Waals surface area contributed by atoms with Gasteiger partial charge in [0.25, 0.3) is 5.91 Å². The Hall–Kier alpha value is -3.78. The lowest BCUT2D eigenvalue weighted by Gasteiger charge is -2.25. The quantitative estimate of drug-likeness (QED) is 0.296. The van der Waals surface area contributed by atoms with Crippen LogP contribution in [0.3, 0.4) is 0 Å². The molecule has 212 valence electrons. The van der Waals surface area contributed by atoms with E-state index in [4.69, 9.17) is 4.74 Å². The minimum absolute atomic E-state index is 0.0861. The van der Waals surface area contributed by atoms with Crippen molar-refractivity contribution in [2.45, 2.75) is 22.1 Å². The highest BCUT2D eigenvalue weighted by Crippen LogP contribution is 2.48. The van der Waals surface area contributed by atoms with E-state index in [1.807, 2.05) is 0 Å². The molecule has 40 heavy (non-hydrogen) atoms. The van der Waals surface area contributed by atoms with Gasteiger partial charge < -0.3 is 19.5 Å². The van der Waals surface area contributed by atoms with Crippen molar-refractivity contribution in [3.8, 4) is 0 Å². The maximum Gasteiger partial charge on any atom is 0.418 e. The number of benzene rings is 2. The zero-order chi connectivity index (χ0) is 29.1. The van der Waals surface area contributed by atoms with Gasteiger partial charge in [-0.25, -0.2) is 4.98 Å². The standard InChI is InChI=1S/C26H22F6N4O3S/c1-35-10-9-33-23(35)24(38)34-17-3-2-4-18(15-17)40-19-7-5-16(6-8-20(37)36-11-13-39-14-12-36)21(25(27,28)29)22(19)26(30,31)32/h2-10,15H,11-14H2,1H3,(H,34,38)/b8-6+. The average Bonchev–Trinajstić information content (AvgIpc) is 3.33. The molecule has 0 bridgehead atoms. The second-order valence-electron chi connectivity index (χ2n) is 8.62. The number of halogens is 6. The summed E-state index contributed by atoms with van der Waals surface area (Å²) in [4.78, 5) is 29.5. The van der Waals surface area contributed by atoms with E-state index in [0.717, 1.165) is 24.3 Å². The lowest BCUT2D eigenvalue weighted by atomic mass is 9.99. The molecule has 7 nitrogen and oxygen atoms in total. The van der Waals surface area contributed by atoms with Gasteiger partial charge >= 0.3 is 12.4 Å². The molecular weight excluding hydrogens is 562 g/mol. The summed E-state index contributed by atoms with van der Waals surface area (Å²) >= 11 is 0.464. The predicted molar refractivity (Wildman–Crippen MR) is 135 cm³/mol. The van der Waals surface area contributed by atoms with Crippen molar-refractivity contribution in [3.05, 3.63) is 77.4 Å². The normalized spacial score (nSPS) is 14.5. The van der Waals surface area contributed by atoms with Gasteiger partial charge in [-0.15, -0.1) is 0 Å². The topological polar surface area (TPSA) is 76.5 Å². The minimum Gasteiger partial charge on any atom is -0.378 e. The number of carbonyl (C=O) groups is 2. The Morgan fingerprint density at radius 1 is 1.02 bits per heavy atom. The van der Waals surface area contributed by atoms with E-state index in [0.29, 0.717) is 11.8 Å². The number of imidazole rings is 1. The number of hydrogen-bond donors (Lipinski definition) is 1. The summed E-state index contributed by atoms with van der Waals surface area (Å²) < 4.78 is 91.4. The van der Waals surface area contributed by atoms with Crippen molar-refractivity contribution in [2.24, 2.45) is 7.05 Å². The van der Waals surface area contributed by atoms with Crippen LogP contribution >= 0.6 is 11.8 Å². The number of nitrogens with zero attached hydrogens (tertiary/aromatic N) is 3. The van der Waals surface area contributed by atoms with Crippen molar-refractivity contribution in [3.63, 3.8) is 0 Å². The number of ether oxygens (including phenoxy) is 1. The molecule has 2 aromatic carbocycles. The first-order valence-corrected chi connectivity index (χ1v) is 12.6. The fourth-order valence-electron chi connectivity index (χ4n) is 4.00. The van der Waals surface area contributed by atoms with Crippen molar-refractivity contribution < 1.29 is 40.7 Å². The van der Waals surface area contributed by atoms with Gasteiger partial charge in [-0.05, 0) is 35.9 Å². The van der Waals surface area contributed by atoms with E-state index in [1.165, 1.54) is 39.9 Å². The van der Waals surface area contributed by atoms with Gasteiger partial charge in [-0.2, -0.15) is 26.3 Å². The van der Waals surface area contributed by atoms with E-state index in [-0.39, 0.29) is 42.7 Å². The SMILES string of the molecule is Cn1ccnc1C(=O)Nc1cccc(Sc2ccc(/C=C/C(=O)N3CCOCC3)c(C(F)(F)F)c2C(F)(F)F)c1. The molecule has 4 rings (SSSR count). The van der Waals surface area contributed by atoms with Crippen LogP contribution in [0, 0.1) is 0 Å². The molecule has 2 heterocycles. The largest absolute Gasteiger partial charge is 0.418 e. The number of hydrogen-bond acceptors (Lipinski definition) is 5. The summed E-state index contributed by atoms with van der Waals surface area (Å²) in [5.74, 6) is -1.12. The van der Waals surface area contributed by atoms with Gasteiger partial charge in [0.2, 0.25) is 5.91 Å². The molecule has 0 spiro atoms. The third kappa shape index (κ3) is 6.86. The Morgan fingerprint density at radius 2 is 1.73 bits per heavy atom. The van der Waals surface area contributed by atoms with Crippen molar-refractivity contribution in [2.75, 3.05) is 31.6 Å². The fourth-order valence-corrected chi connectivity index (χ4v) is 5.04. The molecule has 2 amide bonds. The van der Waals surface area contributed by atoms with Gasteiger partial charge in [0.1, 0.15) is 0 Å². The molecule has 0 atom stereocenters. The van der Waals surface area contributed by atoms with Crippen LogP contribution in [0.25, 0.3) is 6.08 Å². The Kier molecular flexibility index (Phi) is 8.59. The number of nitrogens with one attached hydrogen (secondary N) is 1. The number of rotatable bonds is 6. The van der Waals surface area contributed by atoms with Crippen LogP contribution in [0.1, 0.15) is 27.3 Å². The smallest absolute Gasteiger partial charge is 0.378 e. The van der Waals surface area contributed by atoms with Gasteiger partial charge in [0.15, 0.2) is 5.82 Å². The van der Waals surface area contributed by atoms with E-state index in [9.17, 15) is 35.9 Å². The third-order valence-electron chi connectivity index (χ3n) is 5.84. The average molecular weight is 585 g/mol. The van der Waals surface area contributed by atoms with Crippen LogP contribution < -0.4 is 5.32 Å². The predicted octanol–water partition coefficient (Wildman–Crippen LogP) is 5.73. The number of amides is 2. The van der Waals surface area contributed by atoms with Crippen LogP contribution in [0.15, 0.2) is 64.7 Å². The lowest BCUT2D eigenvalue weighted by Crippen LogP contribution is -2.39. The van der Waals surface area contributed by atoms with Crippen molar-refractivity contribution >= 4 is 35.3 Å². The minimum atomic E-state index is -5.37.